The third-order valence-electron chi connectivity index (χ3n) is 6.55. The number of fused-ring (bicyclic) bond motifs is 6. The standard InChI is InChI=1S/C30H24N2/c1-17-5-9-21-25(13-17)26-14-18(2)6-10-22(26)29(21)31-32-30-23-11-7-19(3)15-27(23)28-16-20(4)8-12-24(28)30/h5-16H,1-4H3. The molecule has 2 heteroatoms. The van der Waals surface area contributed by atoms with E-state index in [4.69, 9.17) is 10.2 Å². The predicted octanol–water partition coefficient (Wildman–Crippen LogP) is 7.17. The monoisotopic (exact) mass is 412 g/mol. The smallest absolute Gasteiger partial charge is 0.101 e. The topological polar surface area (TPSA) is 24.7 Å². The van der Waals surface area contributed by atoms with Gasteiger partial charge >= 0.3 is 0 Å². The molecule has 2 aliphatic rings. The molecule has 0 saturated heterocycles. The van der Waals surface area contributed by atoms with Gasteiger partial charge in [0.2, 0.25) is 0 Å². The number of nitrogens with zero attached hydrogens (tertiary/aromatic N) is 2. The van der Waals surface area contributed by atoms with Gasteiger partial charge in [0, 0.05) is 22.3 Å². The van der Waals surface area contributed by atoms with Crippen LogP contribution in [0.25, 0.3) is 22.3 Å². The number of hydrogen-bond donors (Lipinski definition) is 0. The van der Waals surface area contributed by atoms with Gasteiger partial charge in [-0.3, -0.25) is 0 Å². The molecular weight excluding hydrogens is 388 g/mol. The van der Waals surface area contributed by atoms with Crippen LogP contribution >= 0.6 is 0 Å². The van der Waals surface area contributed by atoms with Crippen LogP contribution in [0.1, 0.15) is 44.5 Å². The first-order valence-electron chi connectivity index (χ1n) is 11.1. The van der Waals surface area contributed by atoms with E-state index < -0.39 is 0 Å². The second kappa shape index (κ2) is 6.86. The maximum absolute atomic E-state index is 4.89. The van der Waals surface area contributed by atoms with Crippen molar-refractivity contribution in [2.24, 2.45) is 10.2 Å². The molecule has 0 fully saturated rings. The molecule has 0 aliphatic heterocycles. The minimum absolute atomic E-state index is 0.955. The molecule has 0 amide bonds. The molecule has 2 aliphatic carbocycles. The van der Waals surface area contributed by atoms with E-state index in [2.05, 4.69) is 100 Å². The highest BCUT2D eigenvalue weighted by Crippen LogP contribution is 2.40. The van der Waals surface area contributed by atoms with E-state index in [0.29, 0.717) is 0 Å². The first-order valence-corrected chi connectivity index (χ1v) is 11.1. The van der Waals surface area contributed by atoms with Gasteiger partial charge in [-0.15, -0.1) is 10.2 Å². The Hall–Kier alpha value is -3.78. The van der Waals surface area contributed by atoms with Crippen LogP contribution in [0.3, 0.4) is 0 Å². The van der Waals surface area contributed by atoms with Crippen molar-refractivity contribution in [3.8, 4) is 22.3 Å². The highest BCUT2D eigenvalue weighted by molar-refractivity contribution is 6.27. The zero-order valence-electron chi connectivity index (χ0n) is 18.8. The van der Waals surface area contributed by atoms with Crippen LogP contribution in [0, 0.1) is 27.7 Å². The van der Waals surface area contributed by atoms with Crippen molar-refractivity contribution >= 4 is 11.4 Å². The van der Waals surface area contributed by atoms with Crippen LogP contribution in [0.5, 0.6) is 0 Å². The summed E-state index contributed by atoms with van der Waals surface area (Å²) in [5.41, 5.74) is 16.6. The highest BCUT2D eigenvalue weighted by atomic mass is 15.2. The first kappa shape index (κ1) is 18.9. The first-order chi connectivity index (χ1) is 15.5. The second-order valence-electron chi connectivity index (χ2n) is 9.09. The normalized spacial score (nSPS) is 12.9. The summed E-state index contributed by atoms with van der Waals surface area (Å²) in [6, 6.07) is 26.4. The molecule has 0 heterocycles. The minimum atomic E-state index is 0.955. The molecule has 0 aromatic heterocycles. The van der Waals surface area contributed by atoms with Crippen molar-refractivity contribution in [3.63, 3.8) is 0 Å². The number of hydrogen-bond acceptors (Lipinski definition) is 2. The summed E-state index contributed by atoms with van der Waals surface area (Å²) in [6.07, 6.45) is 0. The van der Waals surface area contributed by atoms with Gasteiger partial charge in [-0.05, 0) is 49.9 Å². The van der Waals surface area contributed by atoms with Crippen molar-refractivity contribution in [1.82, 2.24) is 0 Å². The molecule has 0 N–H and O–H groups in total. The number of rotatable bonds is 1. The van der Waals surface area contributed by atoms with Crippen LogP contribution in [0.2, 0.25) is 0 Å². The summed E-state index contributed by atoms with van der Waals surface area (Å²) in [7, 11) is 0. The lowest BCUT2D eigenvalue weighted by atomic mass is 10.0. The van der Waals surface area contributed by atoms with Crippen LogP contribution in [0.4, 0.5) is 0 Å². The average Bonchev–Trinajstić information content (AvgIpc) is 3.23. The van der Waals surface area contributed by atoms with Crippen LogP contribution in [-0.2, 0) is 0 Å². The van der Waals surface area contributed by atoms with Crippen LogP contribution < -0.4 is 0 Å². The fourth-order valence-corrected chi connectivity index (χ4v) is 4.96. The zero-order valence-corrected chi connectivity index (χ0v) is 18.8. The summed E-state index contributed by atoms with van der Waals surface area (Å²) in [5.74, 6) is 0. The fraction of sp³-hybridized carbons (Fsp3) is 0.133. The van der Waals surface area contributed by atoms with Gasteiger partial charge in [-0.25, -0.2) is 0 Å². The molecule has 0 unspecified atom stereocenters. The summed E-state index contributed by atoms with van der Waals surface area (Å²) in [5, 5.41) is 9.79. The molecule has 4 aromatic rings. The Morgan fingerprint density at radius 2 is 0.594 bits per heavy atom. The maximum atomic E-state index is 4.89. The molecule has 2 nitrogen and oxygen atoms in total. The Balaban J connectivity index is 1.58. The quantitative estimate of drug-likeness (QED) is 0.256. The van der Waals surface area contributed by atoms with E-state index >= 15 is 0 Å². The average molecular weight is 413 g/mol. The molecule has 0 radical (unpaired) electrons. The van der Waals surface area contributed by atoms with Gasteiger partial charge < -0.3 is 0 Å². The molecule has 154 valence electrons. The van der Waals surface area contributed by atoms with E-state index in [-0.39, 0.29) is 0 Å². The van der Waals surface area contributed by atoms with Gasteiger partial charge in [0.25, 0.3) is 0 Å². The predicted molar refractivity (Wildman–Crippen MR) is 134 cm³/mol. The fourth-order valence-electron chi connectivity index (χ4n) is 4.96. The third kappa shape index (κ3) is 2.80. The van der Waals surface area contributed by atoms with Crippen LogP contribution in [0.15, 0.2) is 83.0 Å². The number of benzene rings is 4. The second-order valence-corrected chi connectivity index (χ2v) is 9.09. The molecular formula is C30H24N2. The lowest BCUT2D eigenvalue weighted by Crippen LogP contribution is -2.01. The summed E-state index contributed by atoms with van der Waals surface area (Å²) in [6.45, 7) is 8.56. The largest absolute Gasteiger partial charge is 0.149 e. The SMILES string of the molecule is Cc1ccc2c(c1)-c1cc(C)ccc1C2=NN=C1c2ccc(C)cc2-c2cc(C)ccc21. The molecule has 4 aromatic carbocycles. The Bertz CT molecular complexity index is 1280. The van der Waals surface area contributed by atoms with Crippen molar-refractivity contribution in [2.45, 2.75) is 27.7 Å². The van der Waals surface area contributed by atoms with E-state index in [1.165, 1.54) is 44.5 Å². The Labute approximate surface area is 189 Å². The van der Waals surface area contributed by atoms with Gasteiger partial charge in [-0.2, -0.15) is 0 Å². The van der Waals surface area contributed by atoms with Crippen molar-refractivity contribution in [1.29, 1.82) is 0 Å². The number of aryl methyl sites for hydroxylation is 4. The van der Waals surface area contributed by atoms with Crippen LogP contribution in [-0.4, -0.2) is 11.4 Å². The third-order valence-corrected chi connectivity index (χ3v) is 6.55. The van der Waals surface area contributed by atoms with Gasteiger partial charge in [0.15, 0.2) is 0 Å². The van der Waals surface area contributed by atoms with E-state index in [1.54, 1.807) is 0 Å². The molecule has 0 bridgehead atoms. The zero-order chi connectivity index (χ0) is 22.0. The maximum Gasteiger partial charge on any atom is 0.101 e. The molecule has 0 atom stereocenters. The van der Waals surface area contributed by atoms with Crippen molar-refractivity contribution in [2.75, 3.05) is 0 Å². The van der Waals surface area contributed by atoms with Gasteiger partial charge in [0.05, 0.1) is 0 Å². The van der Waals surface area contributed by atoms with Crippen molar-refractivity contribution < 1.29 is 0 Å². The van der Waals surface area contributed by atoms with E-state index in [9.17, 15) is 0 Å². The Kier molecular flexibility index (Phi) is 4.06. The summed E-state index contributed by atoms with van der Waals surface area (Å²) >= 11 is 0. The Morgan fingerprint density at radius 3 is 0.844 bits per heavy atom. The van der Waals surface area contributed by atoms with Gasteiger partial charge in [0.1, 0.15) is 11.4 Å². The lowest BCUT2D eigenvalue weighted by Gasteiger charge is -2.03. The highest BCUT2D eigenvalue weighted by Gasteiger charge is 2.27. The summed E-state index contributed by atoms with van der Waals surface area (Å²) in [4.78, 5) is 0. The van der Waals surface area contributed by atoms with E-state index in [0.717, 1.165) is 33.7 Å². The molecule has 0 saturated carbocycles. The van der Waals surface area contributed by atoms with Gasteiger partial charge in [-0.1, -0.05) is 95.1 Å². The lowest BCUT2D eigenvalue weighted by molar-refractivity contribution is 1.23. The van der Waals surface area contributed by atoms with Crippen molar-refractivity contribution in [3.05, 3.63) is 117 Å². The molecule has 0 spiro atoms. The summed E-state index contributed by atoms with van der Waals surface area (Å²) < 4.78 is 0. The Morgan fingerprint density at radius 1 is 0.344 bits per heavy atom. The molecule has 6 rings (SSSR count). The molecule has 32 heavy (non-hydrogen) atoms. The minimum Gasteiger partial charge on any atom is -0.149 e. The van der Waals surface area contributed by atoms with E-state index in [1.807, 2.05) is 0 Å².